The lowest BCUT2D eigenvalue weighted by molar-refractivity contribution is 1.51. The van der Waals surface area contributed by atoms with Crippen LogP contribution in [0.4, 0.5) is 0 Å². The quantitative estimate of drug-likeness (QED) is 0.228. The highest BCUT2D eigenvalue weighted by atomic mass is 32.1. The van der Waals surface area contributed by atoms with Gasteiger partial charge >= 0.3 is 0 Å². The number of rotatable bonds is 0. The second kappa shape index (κ2) is 7.54. The molecule has 0 bridgehead atoms. The first-order chi connectivity index (χ1) is 14.5. The second-order valence-corrected chi connectivity index (χ2v) is 10.4. The molecule has 0 unspecified atom stereocenters. The number of hydrogen-bond donors (Lipinski definition) is 0. The van der Waals surface area contributed by atoms with Gasteiger partial charge in [-0.3, -0.25) is 0 Å². The van der Waals surface area contributed by atoms with Crippen molar-refractivity contribution < 1.29 is 0 Å². The topological polar surface area (TPSA) is 0 Å². The van der Waals surface area contributed by atoms with Crippen LogP contribution in [0.25, 0.3) is 40.3 Å². The highest BCUT2D eigenvalue weighted by molar-refractivity contribution is 7.26. The molecule has 0 amide bonds. The van der Waals surface area contributed by atoms with Crippen molar-refractivity contribution in [1.82, 2.24) is 0 Å². The van der Waals surface area contributed by atoms with E-state index in [0.717, 1.165) is 0 Å². The Morgan fingerprint density at radius 3 is 1.20 bits per heavy atom. The van der Waals surface area contributed by atoms with Crippen LogP contribution in [0.3, 0.4) is 0 Å². The van der Waals surface area contributed by atoms with Crippen molar-refractivity contribution in [2.45, 2.75) is 27.7 Å². The van der Waals surface area contributed by atoms with Crippen LogP contribution < -0.4 is 0 Å². The summed E-state index contributed by atoms with van der Waals surface area (Å²) in [6, 6.07) is 26.8. The molecule has 2 heteroatoms. The number of hydrogen-bond acceptors (Lipinski definition) is 2. The van der Waals surface area contributed by atoms with E-state index in [1.54, 1.807) is 0 Å². The van der Waals surface area contributed by atoms with Gasteiger partial charge in [0.1, 0.15) is 0 Å². The Morgan fingerprint density at radius 1 is 0.367 bits per heavy atom. The zero-order valence-corrected chi connectivity index (χ0v) is 19.4. The van der Waals surface area contributed by atoms with Gasteiger partial charge in [0.2, 0.25) is 0 Å². The molecular formula is C28H24S2. The van der Waals surface area contributed by atoms with E-state index in [4.69, 9.17) is 0 Å². The lowest BCUT2D eigenvalue weighted by Gasteiger charge is -1.95. The van der Waals surface area contributed by atoms with Gasteiger partial charge in [-0.25, -0.2) is 0 Å². The van der Waals surface area contributed by atoms with Crippen LogP contribution in [0, 0.1) is 27.7 Å². The molecule has 0 N–H and O–H groups in total. The maximum atomic E-state index is 2.29. The molecule has 6 rings (SSSR count). The zero-order valence-electron chi connectivity index (χ0n) is 17.7. The largest absolute Gasteiger partial charge is 0.135 e. The van der Waals surface area contributed by atoms with E-state index < -0.39 is 0 Å². The highest BCUT2D eigenvalue weighted by Crippen LogP contribution is 2.35. The van der Waals surface area contributed by atoms with Gasteiger partial charge < -0.3 is 0 Å². The number of aryl methyl sites for hydroxylation is 4. The minimum absolute atomic E-state index is 1.34. The van der Waals surface area contributed by atoms with Crippen LogP contribution in [0.1, 0.15) is 22.3 Å². The summed E-state index contributed by atoms with van der Waals surface area (Å²) in [5.74, 6) is 0. The predicted molar refractivity (Wildman–Crippen MR) is 138 cm³/mol. The third-order valence-electron chi connectivity index (χ3n) is 5.56. The minimum atomic E-state index is 1.34. The molecule has 0 aliphatic heterocycles. The normalized spacial score (nSPS) is 11.3. The van der Waals surface area contributed by atoms with Crippen molar-refractivity contribution in [2.75, 3.05) is 0 Å². The first-order valence-corrected chi connectivity index (χ1v) is 11.9. The van der Waals surface area contributed by atoms with Gasteiger partial charge in [0.15, 0.2) is 0 Å². The highest BCUT2D eigenvalue weighted by Gasteiger charge is 2.05. The molecule has 148 valence electrons. The molecule has 0 saturated heterocycles. The maximum absolute atomic E-state index is 2.29. The predicted octanol–water partition coefficient (Wildman–Crippen LogP) is 9.34. The van der Waals surface area contributed by atoms with Crippen molar-refractivity contribution in [3.05, 3.63) is 95.1 Å². The van der Waals surface area contributed by atoms with Crippen molar-refractivity contribution >= 4 is 63.0 Å². The van der Waals surface area contributed by atoms with E-state index in [0.29, 0.717) is 0 Å². The summed E-state index contributed by atoms with van der Waals surface area (Å²) in [7, 11) is 0. The monoisotopic (exact) mass is 424 g/mol. The Bertz CT molecular complexity index is 1420. The van der Waals surface area contributed by atoms with Crippen LogP contribution in [0.2, 0.25) is 0 Å². The third kappa shape index (κ3) is 3.51. The van der Waals surface area contributed by atoms with Crippen LogP contribution in [-0.2, 0) is 0 Å². The van der Waals surface area contributed by atoms with Gasteiger partial charge in [0.05, 0.1) is 0 Å². The first-order valence-electron chi connectivity index (χ1n) is 10.3. The zero-order chi connectivity index (χ0) is 20.8. The molecule has 0 fully saturated rings. The van der Waals surface area contributed by atoms with Crippen LogP contribution in [-0.4, -0.2) is 0 Å². The number of thiophene rings is 2. The SMILES string of the molecule is Cc1ccc2c(c1)sc1cc(C)ccc12.Cc1ccc2sc3ccc(C)cc3c2c1. The number of fused-ring (bicyclic) bond motifs is 6. The van der Waals surface area contributed by atoms with Gasteiger partial charge in [0.25, 0.3) is 0 Å². The fraction of sp³-hybridized carbons (Fsp3) is 0.143. The Labute approximate surface area is 185 Å². The Kier molecular flexibility index (Phi) is 4.85. The van der Waals surface area contributed by atoms with E-state index in [1.165, 1.54) is 62.6 Å². The Morgan fingerprint density at radius 2 is 0.733 bits per heavy atom. The average Bonchev–Trinajstić information content (AvgIpc) is 3.24. The molecule has 0 nitrogen and oxygen atoms in total. The van der Waals surface area contributed by atoms with E-state index >= 15 is 0 Å². The summed E-state index contributed by atoms with van der Waals surface area (Å²) >= 11 is 3.77. The molecular weight excluding hydrogens is 400 g/mol. The summed E-state index contributed by atoms with van der Waals surface area (Å²) in [5.41, 5.74) is 5.35. The third-order valence-corrected chi connectivity index (χ3v) is 7.83. The molecule has 0 aliphatic carbocycles. The first kappa shape index (κ1) is 19.3. The van der Waals surface area contributed by atoms with Crippen LogP contribution in [0.5, 0.6) is 0 Å². The molecule has 30 heavy (non-hydrogen) atoms. The molecule has 2 heterocycles. The Balaban J connectivity index is 0.000000128. The summed E-state index contributed by atoms with van der Waals surface area (Å²) in [6.45, 7) is 8.60. The fourth-order valence-corrected chi connectivity index (χ4v) is 6.37. The smallest absolute Gasteiger partial charge is 0.0358 e. The number of benzene rings is 4. The molecule has 4 aromatic carbocycles. The standard InChI is InChI=1S/2C14H12S/c1-9-3-5-13-11(7-9)12-8-10(2)4-6-14(12)15-13;1-9-3-5-11-12-6-4-10(2)8-14(12)15-13(11)7-9/h2*3-8H,1-2H3. The summed E-state index contributed by atoms with van der Waals surface area (Å²) < 4.78 is 5.58. The minimum Gasteiger partial charge on any atom is -0.135 e. The van der Waals surface area contributed by atoms with Crippen molar-refractivity contribution in [2.24, 2.45) is 0 Å². The lowest BCUT2D eigenvalue weighted by atomic mass is 10.1. The molecule has 0 saturated carbocycles. The van der Waals surface area contributed by atoms with Crippen LogP contribution >= 0.6 is 22.7 Å². The lowest BCUT2D eigenvalue weighted by Crippen LogP contribution is -1.72. The summed E-state index contributed by atoms with van der Waals surface area (Å²) in [5, 5.41) is 5.58. The summed E-state index contributed by atoms with van der Waals surface area (Å²) in [4.78, 5) is 0. The van der Waals surface area contributed by atoms with Crippen molar-refractivity contribution in [3.8, 4) is 0 Å². The van der Waals surface area contributed by atoms with Gasteiger partial charge in [0, 0.05) is 40.3 Å². The summed E-state index contributed by atoms with van der Waals surface area (Å²) in [6.07, 6.45) is 0. The van der Waals surface area contributed by atoms with E-state index in [1.807, 2.05) is 22.7 Å². The van der Waals surface area contributed by atoms with E-state index in [9.17, 15) is 0 Å². The fourth-order valence-electron chi connectivity index (χ4n) is 4.00. The average molecular weight is 425 g/mol. The van der Waals surface area contributed by atoms with E-state index in [2.05, 4.69) is 100 Å². The van der Waals surface area contributed by atoms with Gasteiger partial charge in [-0.15, -0.1) is 22.7 Å². The van der Waals surface area contributed by atoms with Crippen LogP contribution in [0.15, 0.2) is 72.8 Å². The molecule has 0 radical (unpaired) electrons. The van der Waals surface area contributed by atoms with Crippen molar-refractivity contribution in [3.63, 3.8) is 0 Å². The maximum Gasteiger partial charge on any atom is 0.0358 e. The Hall–Kier alpha value is -2.68. The molecule has 6 aromatic rings. The van der Waals surface area contributed by atoms with Gasteiger partial charge in [-0.05, 0) is 75.2 Å². The molecule has 0 spiro atoms. The molecule has 0 atom stereocenters. The van der Waals surface area contributed by atoms with Gasteiger partial charge in [-0.1, -0.05) is 47.5 Å². The molecule has 2 aromatic heterocycles. The second-order valence-electron chi connectivity index (χ2n) is 8.20. The van der Waals surface area contributed by atoms with E-state index in [-0.39, 0.29) is 0 Å². The molecule has 0 aliphatic rings. The van der Waals surface area contributed by atoms with Crippen molar-refractivity contribution in [1.29, 1.82) is 0 Å². The van der Waals surface area contributed by atoms with Gasteiger partial charge in [-0.2, -0.15) is 0 Å².